The Morgan fingerprint density at radius 2 is 1.29 bits per heavy atom. The van der Waals surface area contributed by atoms with Gasteiger partial charge in [-0.25, -0.2) is 0 Å². The molecule has 2 heterocycles. The molecule has 1 atom stereocenters. The molecule has 1 aliphatic heterocycles. The molecular formula is C33H41N2+. The van der Waals surface area contributed by atoms with Crippen molar-refractivity contribution in [1.29, 1.82) is 0 Å². The Kier molecular flexibility index (Phi) is 5.74. The van der Waals surface area contributed by atoms with E-state index in [-0.39, 0.29) is 5.41 Å². The summed E-state index contributed by atoms with van der Waals surface area (Å²) in [7, 11) is 0. The summed E-state index contributed by atoms with van der Waals surface area (Å²) in [6.07, 6.45) is 17.7. The van der Waals surface area contributed by atoms with Crippen LogP contribution >= 0.6 is 0 Å². The summed E-state index contributed by atoms with van der Waals surface area (Å²) in [5.74, 6) is 2.88. The number of rotatable bonds is 4. The average molecular weight is 466 g/mol. The molecule has 0 spiro atoms. The first-order valence-corrected chi connectivity index (χ1v) is 14.0. The molecule has 0 amide bonds. The fourth-order valence-corrected chi connectivity index (χ4v) is 8.08. The Bertz CT molecular complexity index is 1260. The highest BCUT2D eigenvalue weighted by Crippen LogP contribution is 2.54. The third-order valence-electron chi connectivity index (χ3n) is 9.64. The van der Waals surface area contributed by atoms with E-state index in [1.807, 2.05) is 0 Å². The van der Waals surface area contributed by atoms with E-state index in [9.17, 15) is 0 Å². The Morgan fingerprint density at radius 3 is 1.91 bits per heavy atom. The predicted octanol–water partition coefficient (Wildman–Crippen LogP) is 8.16. The van der Waals surface area contributed by atoms with E-state index in [2.05, 4.69) is 91.6 Å². The third-order valence-corrected chi connectivity index (χ3v) is 9.64. The Labute approximate surface area is 211 Å². The van der Waals surface area contributed by atoms with Crippen molar-refractivity contribution in [3.05, 3.63) is 76.6 Å². The molecule has 0 N–H and O–H groups in total. The second-order valence-corrected chi connectivity index (χ2v) is 11.6. The van der Waals surface area contributed by atoms with Crippen molar-refractivity contribution in [2.75, 3.05) is 0 Å². The van der Waals surface area contributed by atoms with Gasteiger partial charge in [-0.1, -0.05) is 68.5 Å². The van der Waals surface area contributed by atoms with Crippen LogP contribution in [-0.4, -0.2) is 4.57 Å². The van der Waals surface area contributed by atoms with Crippen LogP contribution in [0.4, 0.5) is 0 Å². The first-order chi connectivity index (χ1) is 17.0. The van der Waals surface area contributed by atoms with E-state index < -0.39 is 0 Å². The second kappa shape index (κ2) is 8.80. The minimum Gasteiger partial charge on any atom is -0.198 e. The van der Waals surface area contributed by atoms with Crippen LogP contribution in [0.2, 0.25) is 0 Å². The lowest BCUT2D eigenvalue weighted by molar-refractivity contribution is -0.563. The van der Waals surface area contributed by atoms with Gasteiger partial charge in [0, 0.05) is 6.92 Å². The number of hydrogen-bond acceptors (Lipinski definition) is 0. The van der Waals surface area contributed by atoms with E-state index in [1.54, 1.807) is 5.69 Å². The maximum absolute atomic E-state index is 2.68. The van der Waals surface area contributed by atoms with Crippen LogP contribution in [0.25, 0.3) is 23.3 Å². The van der Waals surface area contributed by atoms with Gasteiger partial charge in [-0.2, -0.15) is 9.13 Å². The van der Waals surface area contributed by atoms with Crippen molar-refractivity contribution in [3.8, 4) is 17.1 Å². The Morgan fingerprint density at radius 1 is 0.714 bits per heavy atom. The minimum atomic E-state index is 0.181. The van der Waals surface area contributed by atoms with Crippen molar-refractivity contribution in [2.24, 2.45) is 11.8 Å². The molecule has 0 saturated heterocycles. The van der Waals surface area contributed by atoms with E-state index in [4.69, 9.17) is 0 Å². The third kappa shape index (κ3) is 3.39. The number of imidazole rings is 1. The summed E-state index contributed by atoms with van der Waals surface area (Å²) in [6.45, 7) is 9.24. The first kappa shape index (κ1) is 22.8. The standard InChI is InChI=1S/C33H41N2/c1-23-13-8-11-20-29(23)35-26(4)31-33(28-18-9-10-19-28,27-16-6-5-7-17-27)21-22-34(31)32(35)30-24(2)14-12-15-25(30)3/h8,11-15,20-22,27-28H,5-7,9-10,16-19H2,1-4H3/q+1. The fourth-order valence-electron chi connectivity index (χ4n) is 8.08. The van der Waals surface area contributed by atoms with Gasteiger partial charge in [0.1, 0.15) is 5.69 Å². The zero-order valence-corrected chi connectivity index (χ0v) is 22.1. The van der Waals surface area contributed by atoms with Gasteiger partial charge in [0.05, 0.1) is 17.2 Å². The highest BCUT2D eigenvalue weighted by molar-refractivity contribution is 5.68. The van der Waals surface area contributed by atoms with Gasteiger partial charge in [-0.15, -0.1) is 0 Å². The van der Waals surface area contributed by atoms with Gasteiger partial charge in [0.15, 0.2) is 11.4 Å². The predicted molar refractivity (Wildman–Crippen MR) is 146 cm³/mol. The van der Waals surface area contributed by atoms with Gasteiger partial charge in [-0.3, -0.25) is 0 Å². The molecule has 2 heteroatoms. The quantitative estimate of drug-likeness (QED) is 0.344. The largest absolute Gasteiger partial charge is 0.299 e. The van der Waals surface area contributed by atoms with Crippen molar-refractivity contribution < 1.29 is 4.57 Å². The second-order valence-electron chi connectivity index (χ2n) is 11.6. The van der Waals surface area contributed by atoms with Crippen molar-refractivity contribution in [2.45, 2.75) is 90.9 Å². The number of aryl methyl sites for hydroxylation is 3. The maximum Gasteiger partial charge on any atom is 0.299 e. The normalized spacial score (nSPS) is 22.7. The van der Waals surface area contributed by atoms with Gasteiger partial charge in [-0.05, 0) is 87.1 Å². The summed E-state index contributed by atoms with van der Waals surface area (Å²) in [6, 6.07) is 15.7. The molecule has 2 aromatic carbocycles. The van der Waals surface area contributed by atoms with Crippen LogP contribution < -0.4 is 4.57 Å². The number of nitrogens with zero attached hydrogens (tertiary/aromatic N) is 2. The summed E-state index contributed by atoms with van der Waals surface area (Å²) in [4.78, 5) is 0. The van der Waals surface area contributed by atoms with Crippen molar-refractivity contribution in [3.63, 3.8) is 0 Å². The number of fused-ring (bicyclic) bond motifs is 1. The highest BCUT2D eigenvalue weighted by Gasteiger charge is 2.55. The molecule has 2 fully saturated rings. The SMILES string of the molecule is Cc1ccccc1-n1c(C)c2[n+](c1-c1c(C)cccc1C)C=CC2(C1CCCCC1)C1CCCC1. The molecule has 3 aliphatic rings. The number of hydrogen-bond donors (Lipinski definition) is 0. The van der Waals surface area contributed by atoms with E-state index >= 15 is 0 Å². The lowest BCUT2D eigenvalue weighted by atomic mass is 9.60. The number of aromatic nitrogens is 2. The molecule has 2 nitrogen and oxygen atoms in total. The minimum absolute atomic E-state index is 0.181. The van der Waals surface area contributed by atoms with Gasteiger partial charge < -0.3 is 0 Å². The zero-order valence-electron chi connectivity index (χ0n) is 22.1. The molecule has 1 aromatic heterocycles. The lowest BCUT2D eigenvalue weighted by Crippen LogP contribution is -2.45. The molecule has 0 bridgehead atoms. The van der Waals surface area contributed by atoms with Gasteiger partial charge in [0.25, 0.3) is 5.82 Å². The van der Waals surface area contributed by atoms with Crippen molar-refractivity contribution in [1.82, 2.24) is 4.57 Å². The maximum atomic E-state index is 2.68. The summed E-state index contributed by atoms with van der Waals surface area (Å²) in [5.41, 5.74) is 9.99. The topological polar surface area (TPSA) is 8.81 Å². The van der Waals surface area contributed by atoms with Crippen molar-refractivity contribution >= 4 is 6.20 Å². The molecule has 3 aromatic rings. The number of allylic oxidation sites excluding steroid dienone is 1. The molecular weight excluding hydrogens is 424 g/mol. The van der Waals surface area contributed by atoms with Crippen LogP contribution in [0.15, 0.2) is 48.5 Å². The smallest absolute Gasteiger partial charge is 0.198 e. The highest BCUT2D eigenvalue weighted by atomic mass is 15.2. The van der Waals surface area contributed by atoms with Gasteiger partial charge in [0.2, 0.25) is 0 Å². The van der Waals surface area contributed by atoms with Crippen LogP contribution in [0.1, 0.15) is 85.9 Å². The van der Waals surface area contributed by atoms with E-state index in [1.165, 1.54) is 97.2 Å². The van der Waals surface area contributed by atoms with Crippen LogP contribution in [0.3, 0.4) is 0 Å². The Balaban J connectivity index is 1.68. The van der Waals surface area contributed by atoms with Crippen LogP contribution in [0.5, 0.6) is 0 Å². The van der Waals surface area contributed by atoms with E-state index in [0.29, 0.717) is 0 Å². The molecule has 182 valence electrons. The lowest BCUT2D eigenvalue weighted by Gasteiger charge is -2.41. The molecule has 6 rings (SSSR count). The summed E-state index contributed by atoms with van der Waals surface area (Å²) < 4.78 is 5.24. The Hall–Kier alpha value is -2.61. The van der Waals surface area contributed by atoms with Crippen LogP contribution in [0, 0.1) is 39.5 Å². The van der Waals surface area contributed by atoms with Crippen LogP contribution in [-0.2, 0) is 5.41 Å². The average Bonchev–Trinajstić information content (AvgIpc) is 3.59. The van der Waals surface area contributed by atoms with E-state index in [0.717, 1.165) is 11.8 Å². The molecule has 35 heavy (non-hydrogen) atoms. The molecule has 1 unspecified atom stereocenters. The number of benzene rings is 2. The first-order valence-electron chi connectivity index (χ1n) is 14.0. The molecule has 2 saturated carbocycles. The molecule has 0 radical (unpaired) electrons. The summed E-state index contributed by atoms with van der Waals surface area (Å²) in [5, 5.41) is 0. The number of para-hydroxylation sites is 1. The summed E-state index contributed by atoms with van der Waals surface area (Å²) >= 11 is 0. The monoisotopic (exact) mass is 465 g/mol. The fraction of sp³-hybridized carbons (Fsp3) is 0.485. The zero-order chi connectivity index (χ0) is 24.2. The van der Waals surface area contributed by atoms with Gasteiger partial charge >= 0.3 is 0 Å². The molecule has 2 aliphatic carbocycles.